The molecule has 0 saturated heterocycles. The Morgan fingerprint density at radius 2 is 2.03 bits per heavy atom. The third-order valence-electron chi connectivity index (χ3n) is 4.88. The van der Waals surface area contributed by atoms with Gasteiger partial charge in [-0.15, -0.1) is 0 Å². The number of anilines is 2. The second kappa shape index (κ2) is 9.70. The molecule has 7 heteroatoms. The molecular formula is C23H24N4O3. The number of nitrogens with zero attached hydrogens (tertiary/aromatic N) is 2. The van der Waals surface area contributed by atoms with Crippen LogP contribution in [0.1, 0.15) is 38.7 Å². The first-order chi connectivity index (χ1) is 14.5. The summed E-state index contributed by atoms with van der Waals surface area (Å²) in [5.41, 5.74) is 10.2. The fourth-order valence-corrected chi connectivity index (χ4v) is 3.46. The molecule has 30 heavy (non-hydrogen) atoms. The van der Waals surface area contributed by atoms with E-state index < -0.39 is 0 Å². The Balaban J connectivity index is 1.86. The number of hydrogen-bond donors (Lipinski definition) is 2. The smallest absolute Gasteiger partial charge is 0.309 e. The van der Waals surface area contributed by atoms with Crippen molar-refractivity contribution in [3.8, 4) is 23.1 Å². The third-order valence-corrected chi connectivity index (χ3v) is 4.88. The second-order valence-corrected chi connectivity index (χ2v) is 6.84. The molecular weight excluding hydrogens is 380 g/mol. The molecule has 0 saturated carbocycles. The summed E-state index contributed by atoms with van der Waals surface area (Å²) in [5, 5.41) is 2.71. The van der Waals surface area contributed by atoms with Crippen LogP contribution in [-0.4, -0.2) is 28.5 Å². The molecule has 154 valence electrons. The van der Waals surface area contributed by atoms with Crippen LogP contribution in [0.5, 0.6) is 0 Å². The number of hydrogen-bond acceptors (Lipinski definition) is 6. The van der Waals surface area contributed by atoms with Gasteiger partial charge >= 0.3 is 5.97 Å². The van der Waals surface area contributed by atoms with Crippen LogP contribution in [0.3, 0.4) is 0 Å². The molecule has 1 aromatic carbocycles. The Morgan fingerprint density at radius 3 is 2.67 bits per heavy atom. The van der Waals surface area contributed by atoms with Crippen molar-refractivity contribution >= 4 is 29.0 Å². The molecule has 1 amide bonds. The van der Waals surface area contributed by atoms with Gasteiger partial charge in [-0.2, -0.15) is 0 Å². The van der Waals surface area contributed by atoms with Gasteiger partial charge in [0.2, 0.25) is 0 Å². The summed E-state index contributed by atoms with van der Waals surface area (Å²) in [7, 11) is 0. The minimum absolute atomic E-state index is 0.128. The minimum atomic E-state index is -0.360. The number of benzene rings is 1. The fourth-order valence-electron chi connectivity index (χ4n) is 3.46. The van der Waals surface area contributed by atoms with Crippen LogP contribution in [0, 0.1) is 17.8 Å². The van der Waals surface area contributed by atoms with Crippen LogP contribution in [0.15, 0.2) is 36.7 Å². The zero-order valence-corrected chi connectivity index (χ0v) is 17.1. The van der Waals surface area contributed by atoms with Crippen molar-refractivity contribution in [1.29, 1.82) is 0 Å². The van der Waals surface area contributed by atoms with Gasteiger partial charge in [0.1, 0.15) is 12.1 Å². The summed E-state index contributed by atoms with van der Waals surface area (Å²) in [6, 6.07) is 7.31. The lowest BCUT2D eigenvalue weighted by Crippen LogP contribution is -2.20. The number of carbonyl (C=O) groups excluding carboxylic acids is 2. The lowest BCUT2D eigenvalue weighted by atomic mass is 9.85. The van der Waals surface area contributed by atoms with Crippen LogP contribution >= 0.6 is 0 Å². The molecule has 1 heterocycles. The van der Waals surface area contributed by atoms with E-state index in [1.54, 1.807) is 19.1 Å². The van der Waals surface area contributed by atoms with E-state index in [-0.39, 0.29) is 17.8 Å². The van der Waals surface area contributed by atoms with Gasteiger partial charge in [0, 0.05) is 16.8 Å². The van der Waals surface area contributed by atoms with Gasteiger partial charge in [-0.25, -0.2) is 9.97 Å². The van der Waals surface area contributed by atoms with Crippen molar-refractivity contribution < 1.29 is 14.3 Å². The molecule has 0 spiro atoms. The molecule has 3 rings (SSSR count). The van der Waals surface area contributed by atoms with Crippen molar-refractivity contribution in [2.75, 3.05) is 17.7 Å². The number of allylic oxidation sites excluding steroid dienone is 2. The second-order valence-electron chi connectivity index (χ2n) is 6.84. The highest BCUT2D eigenvalue weighted by Gasteiger charge is 2.25. The molecule has 1 aliphatic rings. The van der Waals surface area contributed by atoms with Crippen LogP contribution in [-0.2, 0) is 14.3 Å². The molecule has 7 nitrogen and oxygen atoms in total. The Morgan fingerprint density at radius 1 is 1.27 bits per heavy atom. The topological polar surface area (TPSA) is 107 Å². The average molecular weight is 404 g/mol. The predicted octanol–water partition coefficient (Wildman–Crippen LogP) is 3.43. The maximum absolute atomic E-state index is 12.0. The molecule has 1 aliphatic carbocycles. The van der Waals surface area contributed by atoms with E-state index in [0.717, 1.165) is 22.4 Å². The van der Waals surface area contributed by atoms with Gasteiger partial charge in [0.15, 0.2) is 0 Å². The van der Waals surface area contributed by atoms with E-state index in [4.69, 9.17) is 10.5 Å². The van der Waals surface area contributed by atoms with Crippen molar-refractivity contribution in [3.63, 3.8) is 0 Å². The van der Waals surface area contributed by atoms with Crippen LogP contribution in [0.2, 0.25) is 0 Å². The molecule has 3 N–H and O–H groups in total. The molecule has 0 radical (unpaired) electrons. The number of nitrogens with two attached hydrogens (primary N) is 1. The van der Waals surface area contributed by atoms with Gasteiger partial charge in [0.25, 0.3) is 5.91 Å². The highest BCUT2D eigenvalue weighted by atomic mass is 16.5. The molecule has 1 atom stereocenters. The molecule has 1 aromatic heterocycles. The number of rotatable bonds is 5. The summed E-state index contributed by atoms with van der Waals surface area (Å²) in [6.45, 7) is 3.81. The summed E-state index contributed by atoms with van der Waals surface area (Å²) < 4.78 is 5.14. The maximum atomic E-state index is 12.0. The summed E-state index contributed by atoms with van der Waals surface area (Å²) in [6.07, 6.45) is 5.46. The predicted molar refractivity (Wildman–Crippen MR) is 116 cm³/mol. The number of amides is 1. The average Bonchev–Trinajstić information content (AvgIpc) is 2.75. The molecule has 2 aromatic rings. The van der Waals surface area contributed by atoms with Crippen LogP contribution in [0.25, 0.3) is 16.8 Å². The van der Waals surface area contributed by atoms with Gasteiger partial charge < -0.3 is 15.8 Å². The zero-order valence-electron chi connectivity index (χ0n) is 17.1. The number of carbonyl (C=O) groups is 2. The lowest BCUT2D eigenvalue weighted by molar-refractivity contribution is -0.148. The van der Waals surface area contributed by atoms with Crippen LogP contribution in [0.4, 0.5) is 11.5 Å². The molecule has 0 fully saturated rings. The summed E-state index contributed by atoms with van der Waals surface area (Å²) in [4.78, 5) is 32.3. The Kier molecular flexibility index (Phi) is 6.81. The molecule has 0 bridgehead atoms. The molecule has 1 unspecified atom stereocenters. The highest BCUT2D eigenvalue weighted by Crippen LogP contribution is 2.37. The first-order valence-electron chi connectivity index (χ1n) is 9.84. The number of nitrogen functional groups attached to an aromatic ring is 1. The fraction of sp³-hybridized carbons (Fsp3) is 0.304. The van der Waals surface area contributed by atoms with E-state index >= 15 is 0 Å². The minimum Gasteiger partial charge on any atom is -0.466 e. The number of nitrogens with one attached hydrogen (secondary N) is 1. The number of aromatic nitrogens is 2. The Bertz CT molecular complexity index is 1030. The van der Waals surface area contributed by atoms with E-state index in [1.807, 2.05) is 25.1 Å². The van der Waals surface area contributed by atoms with E-state index in [0.29, 0.717) is 37.4 Å². The van der Waals surface area contributed by atoms with Gasteiger partial charge in [0.05, 0.1) is 18.2 Å². The Hall–Kier alpha value is -3.66. The quantitative estimate of drug-likeness (QED) is 0.584. The van der Waals surface area contributed by atoms with E-state index in [2.05, 4.69) is 27.1 Å². The van der Waals surface area contributed by atoms with Gasteiger partial charge in [-0.1, -0.05) is 24.1 Å². The Labute approximate surface area is 175 Å². The van der Waals surface area contributed by atoms with Crippen molar-refractivity contribution in [2.45, 2.75) is 33.1 Å². The highest BCUT2D eigenvalue weighted by molar-refractivity contribution is 6.04. The lowest BCUT2D eigenvalue weighted by Gasteiger charge is -2.22. The number of ether oxygens (including phenoxy) is 1. The van der Waals surface area contributed by atoms with Gasteiger partial charge in [-0.3, -0.25) is 9.59 Å². The third kappa shape index (κ3) is 4.84. The van der Waals surface area contributed by atoms with Crippen molar-refractivity contribution in [2.24, 2.45) is 5.92 Å². The van der Waals surface area contributed by atoms with Gasteiger partial charge in [-0.05, 0) is 56.7 Å². The largest absolute Gasteiger partial charge is 0.466 e. The first kappa shape index (κ1) is 21.1. The normalized spacial score (nSPS) is 15.4. The van der Waals surface area contributed by atoms with E-state index in [9.17, 15) is 9.59 Å². The molecule has 0 aliphatic heterocycles. The summed E-state index contributed by atoms with van der Waals surface area (Å²) in [5.74, 6) is 4.76. The van der Waals surface area contributed by atoms with Crippen molar-refractivity contribution in [1.82, 2.24) is 9.97 Å². The number of esters is 1. The first-order valence-corrected chi connectivity index (χ1v) is 9.84. The summed E-state index contributed by atoms with van der Waals surface area (Å²) >= 11 is 0. The standard InChI is InChI=1S/C23H24N4O3/c1-3-5-19(28)27-18-12-10-16(11-13-18)21-20(22(24)26-14-25-21)15-6-8-17(9-7-15)23(29)30-4-2/h6,10-14,17H,4,7-9H2,1-2H3,(H,27,28)(H2,24,25,26). The monoisotopic (exact) mass is 404 g/mol. The van der Waals surface area contributed by atoms with Crippen molar-refractivity contribution in [3.05, 3.63) is 42.2 Å². The maximum Gasteiger partial charge on any atom is 0.309 e. The van der Waals surface area contributed by atoms with Crippen LogP contribution < -0.4 is 11.1 Å². The zero-order chi connectivity index (χ0) is 21.5. The van der Waals surface area contributed by atoms with E-state index in [1.165, 1.54) is 6.33 Å². The SMILES string of the molecule is CC#CC(=O)Nc1ccc(-c2ncnc(N)c2C2=CCC(C(=O)OCC)CC2)cc1.